The fraction of sp³-hybridized carbons (Fsp3) is 0.923. The van der Waals surface area contributed by atoms with E-state index in [9.17, 15) is 4.79 Å². The zero-order chi connectivity index (χ0) is 11.6. The molecule has 1 amide bonds. The maximum absolute atomic E-state index is 12.1. The lowest BCUT2D eigenvalue weighted by Gasteiger charge is -2.28. The van der Waals surface area contributed by atoms with Crippen molar-refractivity contribution in [2.75, 3.05) is 13.1 Å². The van der Waals surface area contributed by atoms with Gasteiger partial charge in [0.15, 0.2) is 0 Å². The number of hydrogen-bond donors (Lipinski definition) is 1. The van der Waals surface area contributed by atoms with Crippen molar-refractivity contribution in [2.45, 2.75) is 57.4 Å². The van der Waals surface area contributed by atoms with Crippen molar-refractivity contribution >= 4 is 5.91 Å². The summed E-state index contributed by atoms with van der Waals surface area (Å²) in [6.45, 7) is 3.87. The third-order valence-electron chi connectivity index (χ3n) is 4.01. The second-order valence-corrected chi connectivity index (χ2v) is 5.62. The smallest absolute Gasteiger partial charge is 0.224 e. The fourth-order valence-electron chi connectivity index (χ4n) is 2.69. The van der Waals surface area contributed by atoms with Gasteiger partial charge in [-0.05, 0) is 38.5 Å². The lowest BCUT2D eigenvalue weighted by atomic mass is 9.94. The molecule has 0 atom stereocenters. The zero-order valence-electron chi connectivity index (χ0n) is 10.4. The Morgan fingerprint density at radius 3 is 2.50 bits per heavy atom. The molecule has 0 spiro atoms. The molecule has 2 saturated carbocycles. The highest BCUT2D eigenvalue weighted by atomic mass is 16.2. The predicted octanol–water partition coefficient (Wildman–Crippen LogP) is 1.91. The summed E-state index contributed by atoms with van der Waals surface area (Å²) in [5, 5.41) is 0. The molecule has 0 aromatic rings. The number of carbonyl (C=O) groups is 1. The molecular weight excluding hydrogens is 200 g/mol. The van der Waals surface area contributed by atoms with Crippen LogP contribution in [0.3, 0.4) is 0 Å². The first-order valence-corrected chi connectivity index (χ1v) is 6.69. The SMILES string of the molecule is CCN(CC1CC1)C(=O)CC1(N)CCCC1. The number of nitrogens with two attached hydrogens (primary N) is 1. The Balaban J connectivity index is 1.84. The van der Waals surface area contributed by atoms with E-state index in [1.54, 1.807) is 0 Å². The van der Waals surface area contributed by atoms with E-state index in [0.29, 0.717) is 6.42 Å². The summed E-state index contributed by atoms with van der Waals surface area (Å²) >= 11 is 0. The second-order valence-electron chi connectivity index (χ2n) is 5.62. The van der Waals surface area contributed by atoms with Crippen LogP contribution in [0, 0.1) is 5.92 Å². The fourth-order valence-corrected chi connectivity index (χ4v) is 2.69. The van der Waals surface area contributed by atoms with Crippen molar-refractivity contribution in [3.05, 3.63) is 0 Å². The van der Waals surface area contributed by atoms with Gasteiger partial charge >= 0.3 is 0 Å². The van der Waals surface area contributed by atoms with Crippen LogP contribution in [0.25, 0.3) is 0 Å². The summed E-state index contributed by atoms with van der Waals surface area (Å²) in [4.78, 5) is 14.1. The summed E-state index contributed by atoms with van der Waals surface area (Å²) in [6.07, 6.45) is 7.61. The lowest BCUT2D eigenvalue weighted by molar-refractivity contribution is -0.132. The zero-order valence-corrected chi connectivity index (χ0v) is 10.4. The predicted molar refractivity (Wildman–Crippen MR) is 65.0 cm³/mol. The highest BCUT2D eigenvalue weighted by Gasteiger charge is 2.34. The third-order valence-corrected chi connectivity index (χ3v) is 4.01. The van der Waals surface area contributed by atoms with Gasteiger partial charge in [0.25, 0.3) is 0 Å². The monoisotopic (exact) mass is 224 g/mol. The molecule has 0 bridgehead atoms. The molecule has 2 aliphatic rings. The van der Waals surface area contributed by atoms with Gasteiger partial charge in [-0.1, -0.05) is 12.8 Å². The van der Waals surface area contributed by atoms with E-state index in [1.165, 1.54) is 25.7 Å². The van der Waals surface area contributed by atoms with E-state index >= 15 is 0 Å². The molecule has 2 rings (SSSR count). The standard InChI is InChI=1S/C13H24N2O/c1-2-15(10-11-5-6-11)12(16)9-13(14)7-3-4-8-13/h11H,2-10,14H2,1H3. The Morgan fingerprint density at radius 1 is 1.38 bits per heavy atom. The normalized spacial score (nSPS) is 23.4. The van der Waals surface area contributed by atoms with Gasteiger partial charge in [-0.15, -0.1) is 0 Å². The van der Waals surface area contributed by atoms with Crippen LogP contribution in [0.15, 0.2) is 0 Å². The topological polar surface area (TPSA) is 46.3 Å². The summed E-state index contributed by atoms with van der Waals surface area (Å²) in [5.74, 6) is 1.06. The van der Waals surface area contributed by atoms with E-state index in [1.807, 2.05) is 4.90 Å². The van der Waals surface area contributed by atoms with Crippen LogP contribution in [0.4, 0.5) is 0 Å². The van der Waals surface area contributed by atoms with Crippen molar-refractivity contribution in [1.29, 1.82) is 0 Å². The third kappa shape index (κ3) is 2.97. The van der Waals surface area contributed by atoms with Gasteiger partial charge in [0.1, 0.15) is 0 Å². The minimum atomic E-state index is -0.186. The molecular formula is C13H24N2O. The molecule has 0 saturated heterocycles. The summed E-state index contributed by atoms with van der Waals surface area (Å²) in [7, 11) is 0. The number of carbonyl (C=O) groups excluding carboxylic acids is 1. The highest BCUT2D eigenvalue weighted by Crippen LogP contribution is 2.32. The Bertz CT molecular complexity index is 255. The van der Waals surface area contributed by atoms with Crippen molar-refractivity contribution in [2.24, 2.45) is 11.7 Å². The van der Waals surface area contributed by atoms with Gasteiger partial charge in [-0.25, -0.2) is 0 Å². The van der Waals surface area contributed by atoms with Crippen LogP contribution in [0.2, 0.25) is 0 Å². The average molecular weight is 224 g/mol. The number of rotatable bonds is 5. The maximum atomic E-state index is 12.1. The molecule has 0 radical (unpaired) electrons. The van der Waals surface area contributed by atoms with E-state index in [2.05, 4.69) is 6.92 Å². The van der Waals surface area contributed by atoms with Gasteiger partial charge in [-0.2, -0.15) is 0 Å². The Morgan fingerprint density at radius 2 is 2.00 bits per heavy atom. The minimum Gasteiger partial charge on any atom is -0.343 e. The highest BCUT2D eigenvalue weighted by molar-refractivity contribution is 5.77. The molecule has 16 heavy (non-hydrogen) atoms. The van der Waals surface area contributed by atoms with Gasteiger partial charge in [0, 0.05) is 25.0 Å². The van der Waals surface area contributed by atoms with Crippen molar-refractivity contribution in [3.63, 3.8) is 0 Å². The van der Waals surface area contributed by atoms with Crippen LogP contribution in [-0.2, 0) is 4.79 Å². The van der Waals surface area contributed by atoms with Crippen LogP contribution in [0.5, 0.6) is 0 Å². The minimum absolute atomic E-state index is 0.186. The summed E-state index contributed by atoms with van der Waals surface area (Å²) < 4.78 is 0. The number of hydrogen-bond acceptors (Lipinski definition) is 2. The Labute approximate surface area is 98.4 Å². The first-order chi connectivity index (χ1) is 7.63. The van der Waals surface area contributed by atoms with Crippen LogP contribution in [-0.4, -0.2) is 29.4 Å². The largest absolute Gasteiger partial charge is 0.343 e. The Kier molecular flexibility index (Phi) is 3.53. The lowest BCUT2D eigenvalue weighted by Crippen LogP contribution is -2.44. The van der Waals surface area contributed by atoms with Crippen molar-refractivity contribution < 1.29 is 4.79 Å². The molecule has 3 heteroatoms. The van der Waals surface area contributed by atoms with Crippen LogP contribution < -0.4 is 5.73 Å². The van der Waals surface area contributed by atoms with Crippen molar-refractivity contribution in [3.8, 4) is 0 Å². The molecule has 92 valence electrons. The van der Waals surface area contributed by atoms with Gasteiger partial charge in [-0.3, -0.25) is 4.79 Å². The molecule has 2 aliphatic carbocycles. The molecule has 0 heterocycles. The van der Waals surface area contributed by atoms with Crippen LogP contribution in [0.1, 0.15) is 51.9 Å². The van der Waals surface area contributed by atoms with Crippen LogP contribution >= 0.6 is 0 Å². The second kappa shape index (κ2) is 4.74. The van der Waals surface area contributed by atoms with Gasteiger partial charge in [0.05, 0.1) is 0 Å². The van der Waals surface area contributed by atoms with E-state index in [0.717, 1.165) is 31.8 Å². The molecule has 0 aromatic carbocycles. The van der Waals surface area contributed by atoms with Gasteiger partial charge in [0.2, 0.25) is 5.91 Å². The number of amides is 1. The Hall–Kier alpha value is -0.570. The molecule has 0 unspecified atom stereocenters. The van der Waals surface area contributed by atoms with E-state index < -0.39 is 0 Å². The van der Waals surface area contributed by atoms with Gasteiger partial charge < -0.3 is 10.6 Å². The quantitative estimate of drug-likeness (QED) is 0.775. The molecule has 2 N–H and O–H groups in total. The number of nitrogens with zero attached hydrogens (tertiary/aromatic N) is 1. The van der Waals surface area contributed by atoms with E-state index in [-0.39, 0.29) is 11.4 Å². The molecule has 0 aromatic heterocycles. The summed E-state index contributed by atoms with van der Waals surface area (Å²) in [6, 6.07) is 0. The van der Waals surface area contributed by atoms with Crippen molar-refractivity contribution in [1.82, 2.24) is 4.90 Å². The first-order valence-electron chi connectivity index (χ1n) is 6.69. The molecule has 2 fully saturated rings. The molecule has 3 nitrogen and oxygen atoms in total. The maximum Gasteiger partial charge on any atom is 0.224 e. The first kappa shape index (κ1) is 11.9. The average Bonchev–Trinajstić information content (AvgIpc) is 2.97. The van der Waals surface area contributed by atoms with E-state index in [4.69, 9.17) is 5.73 Å². The summed E-state index contributed by atoms with van der Waals surface area (Å²) in [5.41, 5.74) is 6.06. The molecule has 0 aliphatic heterocycles.